The molecule has 3 heterocycles. The molecule has 0 saturated heterocycles. The maximum Gasteiger partial charge on any atom is 0.259 e. The van der Waals surface area contributed by atoms with E-state index in [1.165, 1.54) is 4.52 Å². The summed E-state index contributed by atoms with van der Waals surface area (Å²) in [5.41, 5.74) is 6.77. The molecular formula is C14H11N7O. The molecule has 0 spiro atoms. The van der Waals surface area contributed by atoms with E-state index in [1.54, 1.807) is 18.4 Å². The molecule has 0 aliphatic heterocycles. The summed E-state index contributed by atoms with van der Waals surface area (Å²) in [5.74, 6) is 1.84. The summed E-state index contributed by atoms with van der Waals surface area (Å²) in [6, 6.07) is 13.1. The standard InChI is InChI=1S/C14H11N7O/c15-12-18-13(16-9-5-2-1-3-6-9)19-14-17-11(20-21(12)14)10-7-4-8-22-10/h1-8H,(H3,15,16,17,18,19,20). The molecule has 0 radical (unpaired) electrons. The molecule has 0 fully saturated rings. The van der Waals surface area contributed by atoms with E-state index in [0.717, 1.165) is 5.69 Å². The minimum absolute atomic E-state index is 0.189. The number of anilines is 3. The van der Waals surface area contributed by atoms with E-state index in [1.807, 2.05) is 30.3 Å². The molecule has 0 saturated carbocycles. The van der Waals surface area contributed by atoms with Crippen molar-refractivity contribution in [3.8, 4) is 11.6 Å². The third-order valence-corrected chi connectivity index (χ3v) is 3.00. The molecule has 8 heteroatoms. The van der Waals surface area contributed by atoms with Gasteiger partial charge in [0.1, 0.15) is 0 Å². The van der Waals surface area contributed by atoms with Crippen molar-refractivity contribution in [1.29, 1.82) is 0 Å². The topological polar surface area (TPSA) is 107 Å². The van der Waals surface area contributed by atoms with E-state index in [9.17, 15) is 0 Å². The molecule has 8 nitrogen and oxygen atoms in total. The van der Waals surface area contributed by atoms with E-state index in [0.29, 0.717) is 23.3 Å². The van der Waals surface area contributed by atoms with Gasteiger partial charge < -0.3 is 15.5 Å². The number of nitrogens with one attached hydrogen (secondary N) is 1. The number of furan rings is 1. The quantitative estimate of drug-likeness (QED) is 0.595. The summed E-state index contributed by atoms with van der Waals surface area (Å²) < 4.78 is 6.64. The van der Waals surface area contributed by atoms with E-state index in [4.69, 9.17) is 10.2 Å². The van der Waals surface area contributed by atoms with E-state index in [2.05, 4.69) is 25.4 Å². The molecule has 3 N–H and O–H groups in total. The normalized spacial score (nSPS) is 10.9. The highest BCUT2D eigenvalue weighted by Gasteiger charge is 2.13. The van der Waals surface area contributed by atoms with Crippen LogP contribution in [0, 0.1) is 0 Å². The summed E-state index contributed by atoms with van der Waals surface area (Å²) in [6.45, 7) is 0. The fraction of sp³-hybridized carbons (Fsp3) is 0. The first kappa shape index (κ1) is 12.3. The first-order valence-corrected chi connectivity index (χ1v) is 6.56. The largest absolute Gasteiger partial charge is 0.461 e. The highest BCUT2D eigenvalue weighted by molar-refractivity contribution is 5.57. The molecule has 0 bridgehead atoms. The van der Waals surface area contributed by atoms with Crippen LogP contribution in [0.2, 0.25) is 0 Å². The lowest BCUT2D eigenvalue weighted by Gasteiger charge is -2.05. The summed E-state index contributed by atoms with van der Waals surface area (Å²) in [6.07, 6.45) is 1.55. The van der Waals surface area contributed by atoms with Crippen molar-refractivity contribution < 1.29 is 4.42 Å². The minimum atomic E-state index is 0.189. The van der Waals surface area contributed by atoms with Crippen molar-refractivity contribution in [2.24, 2.45) is 0 Å². The van der Waals surface area contributed by atoms with Gasteiger partial charge in [0, 0.05) is 5.69 Å². The number of hydrogen-bond acceptors (Lipinski definition) is 7. The molecule has 0 amide bonds. The number of aromatic nitrogens is 5. The van der Waals surface area contributed by atoms with Crippen molar-refractivity contribution in [3.05, 3.63) is 48.7 Å². The predicted octanol–water partition coefficient (Wildman–Crippen LogP) is 2.11. The average molecular weight is 293 g/mol. The van der Waals surface area contributed by atoms with Crippen LogP contribution < -0.4 is 11.1 Å². The van der Waals surface area contributed by atoms with Gasteiger partial charge >= 0.3 is 0 Å². The minimum Gasteiger partial charge on any atom is -0.461 e. The number of nitrogens with zero attached hydrogens (tertiary/aromatic N) is 5. The van der Waals surface area contributed by atoms with Gasteiger partial charge in [0.05, 0.1) is 6.26 Å². The summed E-state index contributed by atoms with van der Waals surface area (Å²) >= 11 is 0. The Morgan fingerprint density at radius 2 is 1.86 bits per heavy atom. The fourth-order valence-electron chi connectivity index (χ4n) is 2.02. The Bertz CT molecular complexity index is 915. The lowest BCUT2D eigenvalue weighted by Crippen LogP contribution is -2.07. The Labute approximate surface area is 124 Å². The Kier molecular flexibility index (Phi) is 2.72. The first-order chi connectivity index (χ1) is 10.8. The highest BCUT2D eigenvalue weighted by atomic mass is 16.3. The zero-order valence-corrected chi connectivity index (χ0v) is 11.3. The lowest BCUT2D eigenvalue weighted by molar-refractivity contribution is 0.577. The van der Waals surface area contributed by atoms with Crippen molar-refractivity contribution >= 4 is 23.4 Å². The van der Waals surface area contributed by atoms with Crippen LogP contribution in [-0.2, 0) is 0 Å². The Balaban J connectivity index is 1.76. The molecular weight excluding hydrogens is 282 g/mol. The molecule has 0 aliphatic carbocycles. The Hall–Kier alpha value is -3.42. The number of nitrogen functional groups attached to an aromatic ring is 1. The molecule has 0 aliphatic rings. The van der Waals surface area contributed by atoms with Gasteiger partial charge in [0.2, 0.25) is 17.7 Å². The van der Waals surface area contributed by atoms with Gasteiger partial charge in [-0.2, -0.15) is 19.5 Å². The van der Waals surface area contributed by atoms with Gasteiger partial charge in [0.25, 0.3) is 5.78 Å². The van der Waals surface area contributed by atoms with Gasteiger partial charge in [-0.1, -0.05) is 18.2 Å². The molecule has 108 valence electrons. The molecule has 0 atom stereocenters. The summed E-state index contributed by atoms with van der Waals surface area (Å²) in [4.78, 5) is 12.8. The van der Waals surface area contributed by atoms with Crippen molar-refractivity contribution in [3.63, 3.8) is 0 Å². The van der Waals surface area contributed by atoms with Crippen LogP contribution in [0.5, 0.6) is 0 Å². The van der Waals surface area contributed by atoms with Crippen molar-refractivity contribution in [2.75, 3.05) is 11.1 Å². The van der Waals surface area contributed by atoms with Crippen LogP contribution >= 0.6 is 0 Å². The van der Waals surface area contributed by atoms with Crippen LogP contribution in [0.15, 0.2) is 53.1 Å². The van der Waals surface area contributed by atoms with Crippen LogP contribution in [0.25, 0.3) is 17.4 Å². The third kappa shape index (κ3) is 2.12. The second kappa shape index (κ2) is 4.85. The van der Waals surface area contributed by atoms with Gasteiger partial charge in [-0.05, 0) is 24.3 Å². The number of fused-ring (bicyclic) bond motifs is 1. The smallest absolute Gasteiger partial charge is 0.259 e. The summed E-state index contributed by atoms with van der Waals surface area (Å²) in [7, 11) is 0. The van der Waals surface area contributed by atoms with Gasteiger partial charge in [-0.15, -0.1) is 5.10 Å². The molecule has 4 aromatic rings. The first-order valence-electron chi connectivity index (χ1n) is 6.56. The van der Waals surface area contributed by atoms with Crippen LogP contribution in [0.3, 0.4) is 0 Å². The zero-order valence-electron chi connectivity index (χ0n) is 11.3. The lowest BCUT2D eigenvalue weighted by atomic mass is 10.3. The van der Waals surface area contributed by atoms with Crippen LogP contribution in [-0.4, -0.2) is 24.6 Å². The molecule has 1 aromatic carbocycles. The Morgan fingerprint density at radius 1 is 1.00 bits per heavy atom. The number of benzene rings is 1. The van der Waals surface area contributed by atoms with Crippen molar-refractivity contribution in [1.82, 2.24) is 24.6 Å². The van der Waals surface area contributed by atoms with E-state index < -0.39 is 0 Å². The van der Waals surface area contributed by atoms with Gasteiger partial charge in [-0.25, -0.2) is 0 Å². The van der Waals surface area contributed by atoms with Crippen molar-refractivity contribution in [2.45, 2.75) is 0 Å². The number of nitrogens with two attached hydrogens (primary N) is 1. The Morgan fingerprint density at radius 3 is 2.64 bits per heavy atom. The second-order valence-corrected chi connectivity index (χ2v) is 4.52. The van der Waals surface area contributed by atoms with Crippen LogP contribution in [0.4, 0.5) is 17.6 Å². The summed E-state index contributed by atoms with van der Waals surface area (Å²) in [5, 5.41) is 7.31. The van der Waals surface area contributed by atoms with Crippen LogP contribution in [0.1, 0.15) is 0 Å². The molecule has 0 unspecified atom stereocenters. The maximum absolute atomic E-state index is 5.92. The monoisotopic (exact) mass is 293 g/mol. The fourth-order valence-corrected chi connectivity index (χ4v) is 2.02. The van der Waals surface area contributed by atoms with Gasteiger partial charge in [0.15, 0.2) is 5.76 Å². The highest BCUT2D eigenvalue weighted by Crippen LogP contribution is 2.18. The number of hydrogen-bond donors (Lipinski definition) is 2. The number of para-hydroxylation sites is 1. The maximum atomic E-state index is 5.92. The van der Waals surface area contributed by atoms with E-state index >= 15 is 0 Å². The van der Waals surface area contributed by atoms with E-state index in [-0.39, 0.29) is 5.95 Å². The molecule has 3 aromatic heterocycles. The third-order valence-electron chi connectivity index (χ3n) is 3.00. The number of rotatable bonds is 3. The second-order valence-electron chi connectivity index (χ2n) is 4.52. The van der Waals surface area contributed by atoms with Gasteiger partial charge in [-0.3, -0.25) is 0 Å². The zero-order chi connectivity index (χ0) is 14.9. The molecule has 4 rings (SSSR count). The SMILES string of the molecule is Nc1nc(Nc2ccccc2)nc2nc(-c3ccco3)nn12. The average Bonchev–Trinajstić information content (AvgIpc) is 3.17. The molecule has 22 heavy (non-hydrogen) atoms. The predicted molar refractivity (Wildman–Crippen MR) is 80.4 cm³/mol.